The molecule has 0 bridgehead atoms. The average Bonchev–Trinajstić information content (AvgIpc) is 3.09. The normalized spacial score (nSPS) is 33.3. The van der Waals surface area contributed by atoms with E-state index >= 15 is 0 Å². The summed E-state index contributed by atoms with van der Waals surface area (Å²) >= 11 is 1.93. The zero-order valence-electron chi connectivity index (χ0n) is 13.0. The molecule has 1 heterocycles. The van der Waals surface area contributed by atoms with E-state index in [-0.39, 0.29) is 11.7 Å². The largest absolute Gasteiger partial charge is 0.324 e. The molecule has 2 unspecified atom stereocenters. The van der Waals surface area contributed by atoms with Crippen LogP contribution in [0.5, 0.6) is 0 Å². The molecule has 4 heteroatoms. The van der Waals surface area contributed by atoms with E-state index in [0.29, 0.717) is 16.6 Å². The number of hydrogen-bond acceptors (Lipinski definition) is 3. The van der Waals surface area contributed by atoms with Crippen molar-refractivity contribution in [3.63, 3.8) is 0 Å². The molecule has 1 aliphatic carbocycles. The zero-order valence-corrected chi connectivity index (χ0v) is 13.8. The van der Waals surface area contributed by atoms with E-state index in [0.717, 1.165) is 19.4 Å². The van der Waals surface area contributed by atoms with Gasteiger partial charge in [-0.3, -0.25) is 10.1 Å². The molecule has 2 aliphatic rings. The highest BCUT2D eigenvalue weighted by Gasteiger charge is 2.52. The molecule has 0 aromatic rings. The third-order valence-corrected chi connectivity index (χ3v) is 6.10. The highest BCUT2D eigenvalue weighted by atomic mass is 32.2. The van der Waals surface area contributed by atoms with Crippen molar-refractivity contribution in [3.8, 4) is 0 Å². The minimum Gasteiger partial charge on any atom is -0.324 e. The molecule has 110 valence electrons. The van der Waals surface area contributed by atoms with E-state index in [4.69, 9.17) is 0 Å². The maximum Gasteiger partial charge on any atom is 0.243 e. The van der Waals surface area contributed by atoms with Gasteiger partial charge < -0.3 is 4.90 Å². The third-order valence-electron chi connectivity index (χ3n) is 4.70. The first kappa shape index (κ1) is 15.2. The van der Waals surface area contributed by atoms with Gasteiger partial charge in [0, 0.05) is 11.3 Å². The first-order valence-electron chi connectivity index (χ1n) is 7.50. The smallest absolute Gasteiger partial charge is 0.243 e. The lowest BCUT2D eigenvalue weighted by Crippen LogP contribution is -2.44. The van der Waals surface area contributed by atoms with E-state index < -0.39 is 0 Å². The minimum atomic E-state index is -0.353. The Labute approximate surface area is 121 Å². The van der Waals surface area contributed by atoms with Crippen molar-refractivity contribution >= 4 is 17.7 Å². The lowest BCUT2D eigenvalue weighted by atomic mass is 9.99. The number of rotatable bonds is 6. The Morgan fingerprint density at radius 3 is 2.53 bits per heavy atom. The molecule has 0 aromatic carbocycles. The maximum absolute atomic E-state index is 12.7. The van der Waals surface area contributed by atoms with Crippen LogP contribution < -0.4 is 5.32 Å². The summed E-state index contributed by atoms with van der Waals surface area (Å²) in [5.74, 6) is 0.914. The Balaban J connectivity index is 2.13. The van der Waals surface area contributed by atoms with Crippen LogP contribution in [0.25, 0.3) is 0 Å². The molecule has 1 amide bonds. The second-order valence-corrected chi connectivity index (χ2v) is 8.07. The Morgan fingerprint density at radius 2 is 2.11 bits per heavy atom. The van der Waals surface area contributed by atoms with E-state index in [1.54, 1.807) is 0 Å². The van der Waals surface area contributed by atoms with Crippen LogP contribution in [0.15, 0.2) is 0 Å². The molecule has 1 aliphatic heterocycles. The van der Waals surface area contributed by atoms with Crippen LogP contribution in [0, 0.1) is 5.92 Å². The molecular formula is C15H28N2OS. The highest BCUT2D eigenvalue weighted by Crippen LogP contribution is 2.48. The van der Waals surface area contributed by atoms with Gasteiger partial charge in [0.2, 0.25) is 5.91 Å². The van der Waals surface area contributed by atoms with E-state index in [1.165, 1.54) is 12.8 Å². The number of carbonyl (C=O) groups is 1. The van der Waals surface area contributed by atoms with Gasteiger partial charge in [-0.25, -0.2) is 0 Å². The Hall–Kier alpha value is -0.220. The molecule has 1 saturated carbocycles. The number of nitrogens with zero attached hydrogens (tertiary/aromatic N) is 1. The minimum absolute atomic E-state index is 0.224. The first-order chi connectivity index (χ1) is 8.86. The molecular weight excluding hydrogens is 256 g/mol. The van der Waals surface area contributed by atoms with Gasteiger partial charge in [0.05, 0.1) is 11.7 Å². The highest BCUT2D eigenvalue weighted by molar-refractivity contribution is 8.00. The van der Waals surface area contributed by atoms with Crippen molar-refractivity contribution in [3.05, 3.63) is 0 Å². The molecule has 0 spiro atoms. The van der Waals surface area contributed by atoms with Gasteiger partial charge in [-0.05, 0) is 44.8 Å². The summed E-state index contributed by atoms with van der Waals surface area (Å²) in [4.78, 5) is 14.9. The maximum atomic E-state index is 12.7. The summed E-state index contributed by atoms with van der Waals surface area (Å²) in [6.45, 7) is 9.54. The number of carbonyl (C=O) groups excluding carboxylic acids is 1. The number of nitrogens with one attached hydrogen (secondary N) is 1. The SMILES string of the molecule is CCC1(C)NC(CC(C)C)N(CC2(SC)CC2)C1=O. The van der Waals surface area contributed by atoms with Crippen molar-refractivity contribution in [1.82, 2.24) is 10.2 Å². The Bertz CT molecular complexity index is 354. The molecule has 19 heavy (non-hydrogen) atoms. The summed E-state index contributed by atoms with van der Waals surface area (Å²) in [6, 6.07) is 0. The second-order valence-electron chi connectivity index (χ2n) is 6.80. The van der Waals surface area contributed by atoms with Crippen molar-refractivity contribution in [1.29, 1.82) is 0 Å². The summed E-state index contributed by atoms with van der Waals surface area (Å²) < 4.78 is 0.353. The fraction of sp³-hybridized carbons (Fsp3) is 0.933. The quantitative estimate of drug-likeness (QED) is 0.814. The van der Waals surface area contributed by atoms with Crippen LogP contribution in [-0.4, -0.2) is 40.1 Å². The number of hydrogen-bond donors (Lipinski definition) is 1. The molecule has 2 rings (SSSR count). The van der Waals surface area contributed by atoms with Gasteiger partial charge in [-0.15, -0.1) is 0 Å². The van der Waals surface area contributed by atoms with Crippen molar-refractivity contribution in [2.75, 3.05) is 12.8 Å². The summed E-state index contributed by atoms with van der Waals surface area (Å²) in [5, 5.41) is 3.59. The third kappa shape index (κ3) is 2.94. The van der Waals surface area contributed by atoms with Crippen LogP contribution in [0.2, 0.25) is 0 Å². The molecule has 3 nitrogen and oxygen atoms in total. The molecule has 2 atom stereocenters. The Kier molecular flexibility index (Phi) is 4.22. The van der Waals surface area contributed by atoms with Crippen LogP contribution in [0.1, 0.15) is 53.4 Å². The van der Waals surface area contributed by atoms with E-state index in [9.17, 15) is 4.79 Å². The van der Waals surface area contributed by atoms with E-state index in [1.807, 2.05) is 11.8 Å². The lowest BCUT2D eigenvalue weighted by molar-refractivity contribution is -0.133. The molecule has 0 aromatic heterocycles. The predicted octanol–water partition coefficient (Wildman–Crippen LogP) is 2.85. The summed E-state index contributed by atoms with van der Waals surface area (Å²) in [6.07, 6.45) is 6.83. The van der Waals surface area contributed by atoms with Crippen molar-refractivity contribution in [2.24, 2.45) is 5.92 Å². The second kappa shape index (κ2) is 5.28. The van der Waals surface area contributed by atoms with Crippen LogP contribution in [-0.2, 0) is 4.79 Å². The lowest BCUT2D eigenvalue weighted by Gasteiger charge is -2.29. The summed E-state index contributed by atoms with van der Waals surface area (Å²) in [5.41, 5.74) is -0.353. The predicted molar refractivity (Wildman–Crippen MR) is 82.3 cm³/mol. The van der Waals surface area contributed by atoms with Crippen molar-refractivity contribution < 1.29 is 4.79 Å². The standard InChI is InChI=1S/C15H28N2OS/c1-6-14(4)13(18)17(10-15(19-5)7-8-15)12(16-14)9-11(2)3/h11-12,16H,6-10H2,1-5H3. The van der Waals surface area contributed by atoms with Crippen LogP contribution in [0.3, 0.4) is 0 Å². The van der Waals surface area contributed by atoms with Crippen LogP contribution in [0.4, 0.5) is 0 Å². The van der Waals surface area contributed by atoms with Gasteiger partial charge >= 0.3 is 0 Å². The molecule has 1 saturated heterocycles. The fourth-order valence-electron chi connectivity index (χ4n) is 2.91. The van der Waals surface area contributed by atoms with Gasteiger partial charge in [0.25, 0.3) is 0 Å². The first-order valence-corrected chi connectivity index (χ1v) is 8.72. The topological polar surface area (TPSA) is 32.3 Å². The van der Waals surface area contributed by atoms with Gasteiger partial charge in [-0.2, -0.15) is 11.8 Å². The van der Waals surface area contributed by atoms with Crippen LogP contribution >= 0.6 is 11.8 Å². The van der Waals surface area contributed by atoms with Crippen molar-refractivity contribution in [2.45, 2.75) is 69.8 Å². The average molecular weight is 284 g/mol. The number of thioether (sulfide) groups is 1. The molecule has 1 N–H and O–H groups in total. The van der Waals surface area contributed by atoms with Gasteiger partial charge in [-0.1, -0.05) is 20.8 Å². The monoisotopic (exact) mass is 284 g/mol. The van der Waals surface area contributed by atoms with E-state index in [2.05, 4.69) is 44.2 Å². The summed E-state index contributed by atoms with van der Waals surface area (Å²) in [7, 11) is 0. The van der Waals surface area contributed by atoms with Gasteiger partial charge in [0.15, 0.2) is 0 Å². The Morgan fingerprint density at radius 1 is 1.47 bits per heavy atom. The van der Waals surface area contributed by atoms with Gasteiger partial charge in [0.1, 0.15) is 0 Å². The molecule has 0 radical (unpaired) electrons. The zero-order chi connectivity index (χ0) is 14.3. The molecule has 2 fully saturated rings. The number of amides is 1. The fourth-order valence-corrected chi connectivity index (χ4v) is 3.69.